The number of hydrogen-bond donors (Lipinski definition) is 0. The molecule has 0 amide bonds. The van der Waals surface area contributed by atoms with Crippen LogP contribution in [0.15, 0.2) is 59.7 Å². The standard InChI is InChI=1S/C13H11NO/c1-2-3-9-13-14-10-12(15-13)11-7-5-4-6-8-11/h2-10H,1H2. The number of hydrogen-bond acceptors (Lipinski definition) is 2. The molecule has 0 radical (unpaired) electrons. The van der Waals surface area contributed by atoms with Crippen molar-refractivity contribution in [1.29, 1.82) is 0 Å². The summed E-state index contributed by atoms with van der Waals surface area (Å²) in [5.74, 6) is 1.37. The molecular formula is C13H11NO. The Kier molecular flexibility index (Phi) is 2.79. The van der Waals surface area contributed by atoms with Crippen molar-refractivity contribution in [1.82, 2.24) is 4.98 Å². The van der Waals surface area contributed by atoms with E-state index in [9.17, 15) is 0 Å². The van der Waals surface area contributed by atoms with Crippen LogP contribution in [0.2, 0.25) is 0 Å². The maximum Gasteiger partial charge on any atom is 0.219 e. The minimum Gasteiger partial charge on any atom is -0.437 e. The van der Waals surface area contributed by atoms with Crippen LogP contribution in [0.1, 0.15) is 5.89 Å². The van der Waals surface area contributed by atoms with Gasteiger partial charge in [0, 0.05) is 11.6 Å². The smallest absolute Gasteiger partial charge is 0.219 e. The minimum atomic E-state index is 0.591. The lowest BCUT2D eigenvalue weighted by Crippen LogP contribution is -1.70. The normalized spacial score (nSPS) is 10.7. The summed E-state index contributed by atoms with van der Waals surface area (Å²) in [5, 5.41) is 0. The van der Waals surface area contributed by atoms with Gasteiger partial charge in [0.25, 0.3) is 0 Å². The van der Waals surface area contributed by atoms with Crippen molar-refractivity contribution in [3.8, 4) is 11.3 Å². The predicted molar refractivity (Wildman–Crippen MR) is 61.2 cm³/mol. The summed E-state index contributed by atoms with van der Waals surface area (Å²) in [7, 11) is 0. The Morgan fingerprint density at radius 1 is 1.20 bits per heavy atom. The number of rotatable bonds is 3. The van der Waals surface area contributed by atoms with Crippen molar-refractivity contribution in [2.75, 3.05) is 0 Å². The number of nitrogens with zero attached hydrogens (tertiary/aromatic N) is 1. The van der Waals surface area contributed by atoms with Gasteiger partial charge in [0.15, 0.2) is 5.76 Å². The van der Waals surface area contributed by atoms with E-state index >= 15 is 0 Å². The van der Waals surface area contributed by atoms with Gasteiger partial charge in [-0.2, -0.15) is 0 Å². The molecule has 2 nitrogen and oxygen atoms in total. The topological polar surface area (TPSA) is 26.0 Å². The molecule has 1 aromatic heterocycles. The van der Waals surface area contributed by atoms with Gasteiger partial charge in [-0.25, -0.2) is 4.98 Å². The monoisotopic (exact) mass is 197 g/mol. The van der Waals surface area contributed by atoms with Crippen LogP contribution in [0.3, 0.4) is 0 Å². The molecule has 0 unspecified atom stereocenters. The maximum atomic E-state index is 5.53. The molecule has 74 valence electrons. The van der Waals surface area contributed by atoms with E-state index in [1.165, 1.54) is 0 Å². The second-order valence-electron chi connectivity index (χ2n) is 3.02. The maximum absolute atomic E-state index is 5.53. The van der Waals surface area contributed by atoms with E-state index in [-0.39, 0.29) is 0 Å². The van der Waals surface area contributed by atoms with Gasteiger partial charge < -0.3 is 4.42 Å². The van der Waals surface area contributed by atoms with Crippen molar-refractivity contribution < 1.29 is 4.42 Å². The zero-order valence-corrected chi connectivity index (χ0v) is 8.26. The van der Waals surface area contributed by atoms with Gasteiger partial charge in [-0.1, -0.05) is 49.1 Å². The molecule has 0 aliphatic carbocycles. The van der Waals surface area contributed by atoms with E-state index in [0.29, 0.717) is 5.89 Å². The molecule has 0 aliphatic rings. The van der Waals surface area contributed by atoms with E-state index in [0.717, 1.165) is 11.3 Å². The largest absolute Gasteiger partial charge is 0.437 e. The summed E-state index contributed by atoms with van der Waals surface area (Å²) in [6.07, 6.45) is 6.98. The first-order chi connectivity index (χ1) is 7.40. The summed E-state index contributed by atoms with van der Waals surface area (Å²) in [6.45, 7) is 3.58. The van der Waals surface area contributed by atoms with Crippen LogP contribution in [0.4, 0.5) is 0 Å². The molecule has 0 saturated heterocycles. The Labute approximate surface area is 88.6 Å². The van der Waals surface area contributed by atoms with Gasteiger partial charge in [0.1, 0.15) is 0 Å². The lowest BCUT2D eigenvalue weighted by molar-refractivity contribution is 0.560. The quantitative estimate of drug-likeness (QED) is 0.703. The Hall–Kier alpha value is -2.09. The van der Waals surface area contributed by atoms with Crippen LogP contribution in [-0.4, -0.2) is 4.98 Å². The molecule has 0 N–H and O–H groups in total. The van der Waals surface area contributed by atoms with E-state index in [4.69, 9.17) is 4.42 Å². The average Bonchev–Trinajstić information content (AvgIpc) is 2.76. The summed E-state index contributed by atoms with van der Waals surface area (Å²) in [4.78, 5) is 4.13. The highest BCUT2D eigenvalue weighted by molar-refractivity contribution is 5.57. The van der Waals surface area contributed by atoms with Crippen LogP contribution in [0.5, 0.6) is 0 Å². The molecular weight excluding hydrogens is 186 g/mol. The second-order valence-corrected chi connectivity index (χ2v) is 3.02. The number of aromatic nitrogens is 1. The molecule has 2 rings (SSSR count). The minimum absolute atomic E-state index is 0.591. The fourth-order valence-electron chi connectivity index (χ4n) is 1.25. The second kappa shape index (κ2) is 4.42. The lowest BCUT2D eigenvalue weighted by atomic mass is 10.2. The lowest BCUT2D eigenvalue weighted by Gasteiger charge is -1.92. The number of allylic oxidation sites excluding steroid dienone is 2. The Balaban J connectivity index is 2.28. The molecule has 0 spiro atoms. The van der Waals surface area contributed by atoms with Crippen molar-refractivity contribution in [2.45, 2.75) is 0 Å². The first kappa shape index (κ1) is 9.46. The van der Waals surface area contributed by atoms with E-state index < -0.39 is 0 Å². The molecule has 2 heteroatoms. The van der Waals surface area contributed by atoms with Crippen molar-refractivity contribution >= 4 is 6.08 Å². The third-order valence-corrected chi connectivity index (χ3v) is 1.96. The molecule has 15 heavy (non-hydrogen) atoms. The van der Waals surface area contributed by atoms with E-state index in [1.54, 1.807) is 24.4 Å². The summed E-state index contributed by atoms with van der Waals surface area (Å²) in [6, 6.07) is 9.88. The van der Waals surface area contributed by atoms with Gasteiger partial charge >= 0.3 is 0 Å². The predicted octanol–water partition coefficient (Wildman–Crippen LogP) is 3.54. The molecule has 2 aromatic rings. The highest BCUT2D eigenvalue weighted by atomic mass is 16.4. The van der Waals surface area contributed by atoms with Gasteiger partial charge in [0.2, 0.25) is 5.89 Å². The molecule has 0 atom stereocenters. The summed E-state index contributed by atoms with van der Waals surface area (Å²) in [5.41, 5.74) is 1.03. The van der Waals surface area contributed by atoms with Crippen molar-refractivity contribution in [2.24, 2.45) is 0 Å². The van der Waals surface area contributed by atoms with Gasteiger partial charge in [-0.15, -0.1) is 0 Å². The first-order valence-corrected chi connectivity index (χ1v) is 4.70. The van der Waals surface area contributed by atoms with Crippen molar-refractivity contribution in [3.63, 3.8) is 0 Å². The molecule has 0 saturated carbocycles. The third-order valence-electron chi connectivity index (χ3n) is 1.96. The van der Waals surface area contributed by atoms with Crippen LogP contribution >= 0.6 is 0 Å². The summed E-state index contributed by atoms with van der Waals surface area (Å²) < 4.78 is 5.53. The first-order valence-electron chi connectivity index (χ1n) is 4.70. The highest BCUT2D eigenvalue weighted by Crippen LogP contribution is 2.19. The van der Waals surface area contributed by atoms with Gasteiger partial charge in [-0.05, 0) is 0 Å². The number of benzene rings is 1. The molecule has 0 bridgehead atoms. The average molecular weight is 197 g/mol. The zero-order chi connectivity index (χ0) is 10.5. The van der Waals surface area contributed by atoms with Crippen LogP contribution in [0.25, 0.3) is 17.4 Å². The third kappa shape index (κ3) is 2.23. The fraction of sp³-hybridized carbons (Fsp3) is 0. The summed E-state index contributed by atoms with van der Waals surface area (Å²) >= 11 is 0. The number of oxazole rings is 1. The molecule has 0 fully saturated rings. The van der Waals surface area contributed by atoms with Gasteiger partial charge in [0.05, 0.1) is 6.20 Å². The SMILES string of the molecule is C=CC=Cc1ncc(-c2ccccc2)o1. The fourth-order valence-corrected chi connectivity index (χ4v) is 1.25. The molecule has 1 heterocycles. The van der Waals surface area contributed by atoms with Crippen LogP contribution in [-0.2, 0) is 0 Å². The van der Waals surface area contributed by atoms with Crippen LogP contribution < -0.4 is 0 Å². The van der Waals surface area contributed by atoms with Crippen LogP contribution in [0, 0.1) is 0 Å². The zero-order valence-electron chi connectivity index (χ0n) is 8.26. The highest BCUT2D eigenvalue weighted by Gasteiger charge is 2.02. The Bertz CT molecular complexity index is 468. The van der Waals surface area contributed by atoms with E-state index in [2.05, 4.69) is 11.6 Å². The van der Waals surface area contributed by atoms with E-state index in [1.807, 2.05) is 30.3 Å². The van der Waals surface area contributed by atoms with Crippen molar-refractivity contribution in [3.05, 3.63) is 61.2 Å². The molecule has 0 aliphatic heterocycles. The Morgan fingerprint density at radius 2 is 2.00 bits per heavy atom. The Morgan fingerprint density at radius 3 is 2.73 bits per heavy atom. The van der Waals surface area contributed by atoms with Gasteiger partial charge in [-0.3, -0.25) is 0 Å². The molecule has 1 aromatic carbocycles.